The number of nitrogens with two attached hydrogens (primary N) is 1. The van der Waals surface area contributed by atoms with Crippen LogP contribution in [0.1, 0.15) is 23.2 Å². The molecule has 1 amide bonds. The zero-order chi connectivity index (χ0) is 22.8. The van der Waals surface area contributed by atoms with E-state index >= 15 is 0 Å². The van der Waals surface area contributed by atoms with Crippen LogP contribution < -0.4 is 21.3 Å². The first-order valence-electron chi connectivity index (χ1n) is 11.0. The van der Waals surface area contributed by atoms with Crippen LogP contribution in [0.25, 0.3) is 22.2 Å². The van der Waals surface area contributed by atoms with Crippen LogP contribution >= 0.6 is 0 Å². The number of piperidine rings is 1. The van der Waals surface area contributed by atoms with Crippen LogP contribution in [0.5, 0.6) is 0 Å². The van der Waals surface area contributed by atoms with E-state index in [9.17, 15) is 4.79 Å². The molecule has 1 aliphatic rings. The Bertz CT molecular complexity index is 1290. The van der Waals surface area contributed by atoms with Gasteiger partial charge in [0.2, 0.25) is 5.95 Å². The van der Waals surface area contributed by atoms with Crippen molar-refractivity contribution in [3.63, 3.8) is 0 Å². The molecule has 33 heavy (non-hydrogen) atoms. The smallest absolute Gasteiger partial charge is 0.251 e. The third-order valence-electron chi connectivity index (χ3n) is 5.94. The van der Waals surface area contributed by atoms with Gasteiger partial charge in [-0.2, -0.15) is 10.1 Å². The first-order valence-corrected chi connectivity index (χ1v) is 11.0. The summed E-state index contributed by atoms with van der Waals surface area (Å²) in [7, 11) is 1.81. The maximum absolute atomic E-state index is 12.6. The average molecular weight is 443 g/mol. The van der Waals surface area contributed by atoms with Crippen molar-refractivity contribution < 1.29 is 4.79 Å². The fraction of sp³-hybridized carbons (Fsp3) is 0.250. The second-order valence-corrected chi connectivity index (χ2v) is 8.18. The molecule has 4 aromatic rings. The largest absolute Gasteiger partial charge is 0.382 e. The number of anilines is 3. The second-order valence-electron chi connectivity index (χ2n) is 8.18. The monoisotopic (exact) mass is 442 g/mol. The minimum Gasteiger partial charge on any atom is -0.382 e. The number of nitrogens with zero attached hydrogens (tertiary/aromatic N) is 4. The Balaban J connectivity index is 1.39. The Labute approximate surface area is 191 Å². The summed E-state index contributed by atoms with van der Waals surface area (Å²) in [5.74, 6) is 1.80. The van der Waals surface area contributed by atoms with Gasteiger partial charge >= 0.3 is 0 Å². The number of carbonyl (C=O) groups excluding carboxylic acids is 1. The molecule has 2 aromatic carbocycles. The molecule has 9 heteroatoms. The normalized spacial score (nSPS) is 16.0. The maximum atomic E-state index is 12.6. The first kappa shape index (κ1) is 20.7. The maximum Gasteiger partial charge on any atom is 0.251 e. The van der Waals surface area contributed by atoms with Gasteiger partial charge in [0.05, 0.1) is 11.2 Å². The van der Waals surface area contributed by atoms with Crippen molar-refractivity contribution in [3.8, 4) is 11.3 Å². The summed E-state index contributed by atoms with van der Waals surface area (Å²) in [6.45, 7) is 1.56. The first-order chi connectivity index (χ1) is 16.1. The third-order valence-corrected chi connectivity index (χ3v) is 5.94. The lowest BCUT2D eigenvalue weighted by molar-refractivity contribution is 0.0933. The highest BCUT2D eigenvalue weighted by Crippen LogP contribution is 2.28. The summed E-state index contributed by atoms with van der Waals surface area (Å²) in [5.41, 5.74) is 9.18. The second kappa shape index (κ2) is 8.78. The van der Waals surface area contributed by atoms with Crippen LogP contribution in [-0.2, 0) is 0 Å². The molecule has 9 nitrogen and oxygen atoms in total. The number of hydrogen-bond acceptors (Lipinski definition) is 7. The molecular weight excluding hydrogens is 416 g/mol. The van der Waals surface area contributed by atoms with Gasteiger partial charge < -0.3 is 21.3 Å². The molecular formula is C24H26N8O. The van der Waals surface area contributed by atoms with Crippen LogP contribution in [0.3, 0.4) is 0 Å². The van der Waals surface area contributed by atoms with Crippen molar-refractivity contribution in [3.05, 3.63) is 60.2 Å². The number of H-pyrrole nitrogens is 1. The van der Waals surface area contributed by atoms with Crippen LogP contribution in [0, 0.1) is 0 Å². The summed E-state index contributed by atoms with van der Waals surface area (Å²) in [5, 5.41) is 14.1. The molecule has 0 bridgehead atoms. The fourth-order valence-electron chi connectivity index (χ4n) is 4.22. The van der Waals surface area contributed by atoms with E-state index in [-0.39, 0.29) is 11.9 Å². The van der Waals surface area contributed by atoms with Gasteiger partial charge in [0.1, 0.15) is 5.82 Å². The zero-order valence-corrected chi connectivity index (χ0v) is 18.4. The Hall–Kier alpha value is -4.14. The predicted molar refractivity (Wildman–Crippen MR) is 130 cm³/mol. The molecule has 168 valence electrons. The van der Waals surface area contributed by atoms with Gasteiger partial charge in [-0.15, -0.1) is 0 Å². The molecule has 1 atom stereocenters. The van der Waals surface area contributed by atoms with Crippen LogP contribution in [-0.4, -0.2) is 52.3 Å². The standard InChI is InChI=1S/C24H26N8O/c1-26-24-28-19(16-9-10-18-20(12-16)30-31-22(18)25)13-21(29-24)32-11-5-8-17(14-32)27-23(33)15-6-3-2-4-7-15/h2-4,6-7,9-10,12-13,17H,5,8,11,14H2,1H3,(H,27,33)(H3,25,30,31)(H,26,28,29). The number of nitrogens with one attached hydrogen (secondary N) is 3. The minimum atomic E-state index is -0.0473. The van der Waals surface area contributed by atoms with E-state index in [1.54, 1.807) is 7.05 Å². The molecule has 1 fully saturated rings. The molecule has 1 saturated heterocycles. The Morgan fingerprint density at radius 2 is 2.00 bits per heavy atom. The zero-order valence-electron chi connectivity index (χ0n) is 18.4. The van der Waals surface area contributed by atoms with Crippen LogP contribution in [0.4, 0.5) is 17.6 Å². The van der Waals surface area contributed by atoms with E-state index in [0.717, 1.165) is 47.4 Å². The quantitative estimate of drug-likeness (QED) is 0.374. The van der Waals surface area contributed by atoms with Gasteiger partial charge in [-0.3, -0.25) is 9.89 Å². The molecule has 5 rings (SSSR count). The van der Waals surface area contributed by atoms with E-state index < -0.39 is 0 Å². The fourth-order valence-corrected chi connectivity index (χ4v) is 4.22. The summed E-state index contributed by atoms with van der Waals surface area (Å²) >= 11 is 0. The molecule has 0 aliphatic carbocycles. The van der Waals surface area contributed by atoms with Gasteiger partial charge in [0.15, 0.2) is 5.82 Å². The van der Waals surface area contributed by atoms with E-state index in [2.05, 4.69) is 30.7 Å². The Morgan fingerprint density at radius 3 is 2.82 bits per heavy atom. The lowest BCUT2D eigenvalue weighted by Crippen LogP contribution is -2.48. The van der Waals surface area contributed by atoms with Crippen molar-refractivity contribution in [1.29, 1.82) is 0 Å². The van der Waals surface area contributed by atoms with E-state index in [1.165, 1.54) is 0 Å². The molecule has 0 radical (unpaired) electrons. The summed E-state index contributed by atoms with van der Waals surface area (Å²) in [6, 6.07) is 17.3. The van der Waals surface area contributed by atoms with Crippen LogP contribution in [0.2, 0.25) is 0 Å². The van der Waals surface area contributed by atoms with Gasteiger partial charge in [0, 0.05) is 48.8 Å². The molecule has 1 aliphatic heterocycles. The number of fused-ring (bicyclic) bond motifs is 1. The molecule has 0 spiro atoms. The SMILES string of the molecule is CNc1nc(-c2ccc3c(N)n[nH]c3c2)cc(N2CCCC(NC(=O)c3ccccc3)C2)n1. The number of hydrogen-bond donors (Lipinski definition) is 4. The number of amides is 1. The van der Waals surface area contributed by atoms with Gasteiger partial charge in [-0.25, -0.2) is 4.98 Å². The van der Waals surface area contributed by atoms with Gasteiger partial charge in [-0.1, -0.05) is 24.3 Å². The highest BCUT2D eigenvalue weighted by Gasteiger charge is 2.24. The summed E-state index contributed by atoms with van der Waals surface area (Å²) in [4.78, 5) is 24.2. The number of carbonyl (C=O) groups is 1. The van der Waals surface area contributed by atoms with Crippen molar-refractivity contribution in [2.75, 3.05) is 36.1 Å². The molecule has 3 heterocycles. The minimum absolute atomic E-state index is 0.0473. The van der Waals surface area contributed by atoms with E-state index in [1.807, 2.05) is 54.6 Å². The number of nitrogen functional groups attached to an aromatic ring is 1. The summed E-state index contributed by atoms with van der Waals surface area (Å²) < 4.78 is 0. The van der Waals surface area contributed by atoms with E-state index in [0.29, 0.717) is 23.9 Å². The van der Waals surface area contributed by atoms with Gasteiger partial charge in [-0.05, 0) is 37.1 Å². The third kappa shape index (κ3) is 4.30. The molecule has 1 unspecified atom stereocenters. The lowest BCUT2D eigenvalue weighted by Gasteiger charge is -2.34. The van der Waals surface area contributed by atoms with Crippen molar-refractivity contribution in [2.24, 2.45) is 0 Å². The highest BCUT2D eigenvalue weighted by molar-refractivity contribution is 5.94. The number of benzene rings is 2. The van der Waals surface area contributed by atoms with Crippen molar-refractivity contribution in [1.82, 2.24) is 25.5 Å². The Morgan fingerprint density at radius 1 is 1.15 bits per heavy atom. The summed E-state index contributed by atoms with van der Waals surface area (Å²) in [6.07, 6.45) is 1.90. The number of aromatic amines is 1. The Kier molecular flexibility index (Phi) is 5.52. The molecule has 5 N–H and O–H groups in total. The van der Waals surface area contributed by atoms with Crippen LogP contribution in [0.15, 0.2) is 54.6 Å². The van der Waals surface area contributed by atoms with Gasteiger partial charge in [0.25, 0.3) is 5.91 Å². The molecule has 0 saturated carbocycles. The highest BCUT2D eigenvalue weighted by atomic mass is 16.1. The average Bonchev–Trinajstić information content (AvgIpc) is 3.24. The van der Waals surface area contributed by atoms with Crippen molar-refractivity contribution >= 4 is 34.4 Å². The number of aromatic nitrogens is 4. The lowest BCUT2D eigenvalue weighted by atomic mass is 10.0. The predicted octanol–water partition coefficient (Wildman–Crippen LogP) is 3.04. The molecule has 2 aromatic heterocycles. The van der Waals surface area contributed by atoms with Crippen molar-refractivity contribution in [2.45, 2.75) is 18.9 Å². The van der Waals surface area contributed by atoms with E-state index in [4.69, 9.17) is 10.7 Å². The topological polar surface area (TPSA) is 125 Å². The number of rotatable bonds is 5.